The summed E-state index contributed by atoms with van der Waals surface area (Å²) in [6, 6.07) is 9.22. The van der Waals surface area contributed by atoms with Gasteiger partial charge in [0.1, 0.15) is 12.5 Å². The molecule has 3 heteroatoms. The molecule has 0 radical (unpaired) electrons. The van der Waals surface area contributed by atoms with Crippen LogP contribution >= 0.6 is 0 Å². The van der Waals surface area contributed by atoms with E-state index in [0.29, 0.717) is 6.04 Å². The predicted octanol–water partition coefficient (Wildman–Crippen LogP) is 3.32. The maximum Gasteiger partial charge on any atom is 0.142 e. The van der Waals surface area contributed by atoms with Crippen LogP contribution in [0.2, 0.25) is 0 Å². The van der Waals surface area contributed by atoms with Gasteiger partial charge in [0.15, 0.2) is 0 Å². The summed E-state index contributed by atoms with van der Waals surface area (Å²) < 4.78 is 5.89. The molecule has 1 atom stereocenters. The number of ether oxygens (including phenoxy) is 1. The van der Waals surface area contributed by atoms with Crippen LogP contribution in [0.4, 0.5) is 0 Å². The highest BCUT2D eigenvalue weighted by Gasteiger charge is 2.14. The van der Waals surface area contributed by atoms with Crippen molar-refractivity contribution in [1.82, 2.24) is 10.2 Å². The van der Waals surface area contributed by atoms with E-state index in [2.05, 4.69) is 34.5 Å². The van der Waals surface area contributed by atoms with Crippen molar-refractivity contribution in [1.29, 1.82) is 0 Å². The molecule has 0 spiro atoms. The zero-order valence-electron chi connectivity index (χ0n) is 12.3. The van der Waals surface area contributed by atoms with Gasteiger partial charge >= 0.3 is 0 Å². The first-order valence-corrected chi connectivity index (χ1v) is 8.10. The SMILES string of the molecule is c1cc([C@@H]2CCCCN2)ccc1OCN1CCCCC1. The van der Waals surface area contributed by atoms with E-state index in [1.165, 1.54) is 57.2 Å². The van der Waals surface area contributed by atoms with E-state index in [1.54, 1.807) is 0 Å². The Morgan fingerprint density at radius 1 is 1.00 bits per heavy atom. The molecule has 0 amide bonds. The minimum atomic E-state index is 0.542. The minimum Gasteiger partial charge on any atom is -0.478 e. The summed E-state index contributed by atoms with van der Waals surface area (Å²) in [5.74, 6) is 0.995. The van der Waals surface area contributed by atoms with Gasteiger partial charge in [-0.2, -0.15) is 0 Å². The molecular weight excluding hydrogens is 248 g/mol. The standard InChI is InChI=1S/C17H26N2O/c1-4-12-19(13-5-1)14-20-16-9-7-15(8-10-16)17-6-2-3-11-18-17/h7-10,17-18H,1-6,11-14H2/t17-/m0/s1. The average molecular weight is 274 g/mol. The Labute approximate surface area is 122 Å². The molecule has 2 heterocycles. The molecular formula is C17H26N2O. The maximum atomic E-state index is 5.89. The normalized spacial score (nSPS) is 24.5. The zero-order chi connectivity index (χ0) is 13.6. The molecule has 0 unspecified atom stereocenters. The number of rotatable bonds is 4. The minimum absolute atomic E-state index is 0.542. The molecule has 3 nitrogen and oxygen atoms in total. The monoisotopic (exact) mass is 274 g/mol. The van der Waals surface area contributed by atoms with Gasteiger partial charge in [-0.3, -0.25) is 4.90 Å². The molecule has 0 aromatic heterocycles. The van der Waals surface area contributed by atoms with Crippen molar-refractivity contribution in [2.45, 2.75) is 44.6 Å². The second-order valence-corrected chi connectivity index (χ2v) is 6.02. The van der Waals surface area contributed by atoms with Crippen molar-refractivity contribution in [3.05, 3.63) is 29.8 Å². The number of benzene rings is 1. The first-order valence-electron chi connectivity index (χ1n) is 8.10. The van der Waals surface area contributed by atoms with E-state index >= 15 is 0 Å². The number of piperidine rings is 2. The Kier molecular flexibility index (Phi) is 4.93. The Bertz CT molecular complexity index is 392. The van der Waals surface area contributed by atoms with Crippen LogP contribution in [-0.2, 0) is 0 Å². The molecule has 110 valence electrons. The third-order valence-electron chi connectivity index (χ3n) is 4.46. The van der Waals surface area contributed by atoms with Crippen molar-refractivity contribution in [3.63, 3.8) is 0 Å². The molecule has 1 aromatic carbocycles. The average Bonchev–Trinajstić information content (AvgIpc) is 2.55. The van der Waals surface area contributed by atoms with Gasteiger partial charge in [0.05, 0.1) is 0 Å². The Morgan fingerprint density at radius 3 is 2.50 bits per heavy atom. The van der Waals surface area contributed by atoms with Crippen LogP contribution in [0, 0.1) is 0 Å². The fraction of sp³-hybridized carbons (Fsp3) is 0.647. The molecule has 2 fully saturated rings. The van der Waals surface area contributed by atoms with Crippen molar-refractivity contribution >= 4 is 0 Å². The van der Waals surface area contributed by atoms with Crippen LogP contribution < -0.4 is 10.1 Å². The molecule has 1 aromatic rings. The number of likely N-dealkylation sites (tertiary alicyclic amines) is 1. The van der Waals surface area contributed by atoms with Gasteiger partial charge in [-0.1, -0.05) is 25.0 Å². The number of nitrogens with zero attached hydrogens (tertiary/aromatic N) is 1. The van der Waals surface area contributed by atoms with E-state index in [0.717, 1.165) is 19.0 Å². The molecule has 2 aliphatic heterocycles. The fourth-order valence-corrected chi connectivity index (χ4v) is 3.19. The van der Waals surface area contributed by atoms with Gasteiger partial charge in [0.25, 0.3) is 0 Å². The van der Waals surface area contributed by atoms with E-state index in [4.69, 9.17) is 4.74 Å². The van der Waals surface area contributed by atoms with Crippen LogP contribution in [-0.4, -0.2) is 31.3 Å². The van der Waals surface area contributed by atoms with E-state index in [9.17, 15) is 0 Å². The molecule has 2 saturated heterocycles. The van der Waals surface area contributed by atoms with E-state index in [-0.39, 0.29) is 0 Å². The molecule has 20 heavy (non-hydrogen) atoms. The third kappa shape index (κ3) is 3.74. The first kappa shape index (κ1) is 13.9. The second kappa shape index (κ2) is 7.09. The molecule has 0 saturated carbocycles. The van der Waals surface area contributed by atoms with Crippen molar-refractivity contribution < 1.29 is 4.74 Å². The van der Waals surface area contributed by atoms with Gasteiger partial charge in [-0.15, -0.1) is 0 Å². The highest BCUT2D eigenvalue weighted by atomic mass is 16.5. The van der Waals surface area contributed by atoms with E-state index in [1.807, 2.05) is 0 Å². The molecule has 3 rings (SSSR count). The lowest BCUT2D eigenvalue weighted by Gasteiger charge is -2.26. The van der Waals surface area contributed by atoms with Crippen LogP contribution in [0.1, 0.15) is 50.1 Å². The molecule has 2 aliphatic rings. The highest BCUT2D eigenvalue weighted by Crippen LogP contribution is 2.24. The van der Waals surface area contributed by atoms with Crippen LogP contribution in [0.25, 0.3) is 0 Å². The smallest absolute Gasteiger partial charge is 0.142 e. The van der Waals surface area contributed by atoms with Gasteiger partial charge in [0.2, 0.25) is 0 Å². The van der Waals surface area contributed by atoms with Gasteiger partial charge in [-0.05, 0) is 49.9 Å². The highest BCUT2D eigenvalue weighted by molar-refractivity contribution is 5.29. The topological polar surface area (TPSA) is 24.5 Å². The number of nitrogens with one attached hydrogen (secondary N) is 1. The number of hydrogen-bond acceptors (Lipinski definition) is 3. The quantitative estimate of drug-likeness (QED) is 0.911. The lowest BCUT2D eigenvalue weighted by molar-refractivity contribution is 0.106. The largest absolute Gasteiger partial charge is 0.478 e. The van der Waals surface area contributed by atoms with Gasteiger partial charge < -0.3 is 10.1 Å². The van der Waals surface area contributed by atoms with Gasteiger partial charge in [0, 0.05) is 19.1 Å². The summed E-state index contributed by atoms with van der Waals surface area (Å²) >= 11 is 0. The summed E-state index contributed by atoms with van der Waals surface area (Å²) in [7, 11) is 0. The second-order valence-electron chi connectivity index (χ2n) is 6.02. The van der Waals surface area contributed by atoms with E-state index < -0.39 is 0 Å². The summed E-state index contributed by atoms with van der Waals surface area (Å²) in [4.78, 5) is 2.40. The van der Waals surface area contributed by atoms with Crippen molar-refractivity contribution in [2.75, 3.05) is 26.4 Å². The summed E-state index contributed by atoms with van der Waals surface area (Å²) in [6.45, 7) is 4.26. The van der Waals surface area contributed by atoms with Gasteiger partial charge in [-0.25, -0.2) is 0 Å². The Hall–Kier alpha value is -1.06. The van der Waals surface area contributed by atoms with Crippen molar-refractivity contribution in [2.24, 2.45) is 0 Å². The van der Waals surface area contributed by atoms with Crippen molar-refractivity contribution in [3.8, 4) is 5.75 Å². The molecule has 1 N–H and O–H groups in total. The summed E-state index contributed by atoms with van der Waals surface area (Å²) in [5, 5.41) is 3.59. The van der Waals surface area contributed by atoms with Crippen LogP contribution in [0.3, 0.4) is 0 Å². The number of hydrogen-bond donors (Lipinski definition) is 1. The zero-order valence-corrected chi connectivity index (χ0v) is 12.3. The summed E-state index contributed by atoms with van der Waals surface area (Å²) in [6.07, 6.45) is 7.91. The Morgan fingerprint density at radius 2 is 1.80 bits per heavy atom. The first-order chi connectivity index (χ1) is 9.92. The van der Waals surface area contributed by atoms with Crippen LogP contribution in [0.5, 0.6) is 5.75 Å². The maximum absolute atomic E-state index is 5.89. The van der Waals surface area contributed by atoms with Crippen LogP contribution in [0.15, 0.2) is 24.3 Å². The summed E-state index contributed by atoms with van der Waals surface area (Å²) in [5.41, 5.74) is 1.40. The Balaban J connectivity index is 1.50. The lowest BCUT2D eigenvalue weighted by atomic mass is 9.98. The fourth-order valence-electron chi connectivity index (χ4n) is 3.19. The lowest BCUT2D eigenvalue weighted by Crippen LogP contribution is -2.33. The third-order valence-corrected chi connectivity index (χ3v) is 4.46. The predicted molar refractivity (Wildman–Crippen MR) is 82.0 cm³/mol. The molecule has 0 bridgehead atoms. The molecule has 0 aliphatic carbocycles.